The summed E-state index contributed by atoms with van der Waals surface area (Å²) < 4.78 is 5.25. The van der Waals surface area contributed by atoms with Gasteiger partial charge in [0.1, 0.15) is 0 Å². The molecule has 0 bridgehead atoms. The normalized spacial score (nSPS) is 10.4. The Balaban J connectivity index is 2.13. The maximum atomic E-state index is 11.9. The Morgan fingerprint density at radius 1 is 1.33 bits per heavy atom. The average molecular weight is 265 g/mol. The molecule has 0 spiro atoms. The number of amides is 1. The predicted octanol–water partition coefficient (Wildman–Crippen LogP) is 3.28. The van der Waals surface area contributed by atoms with E-state index in [0.29, 0.717) is 23.2 Å². The fourth-order valence-electron chi connectivity index (χ4n) is 1.61. The molecule has 0 aliphatic carbocycles. The van der Waals surface area contributed by atoms with E-state index in [-0.39, 0.29) is 11.7 Å². The number of benzene rings is 1. The van der Waals surface area contributed by atoms with Crippen LogP contribution in [0.5, 0.6) is 0 Å². The number of oxazole rings is 1. The number of carbonyl (C=O) groups excluding carboxylic acids is 1. The highest BCUT2D eigenvalue weighted by Crippen LogP contribution is 2.15. The highest BCUT2D eigenvalue weighted by atomic mass is 35.5. The number of nitrogens with zero attached hydrogens (tertiary/aromatic N) is 1. The van der Waals surface area contributed by atoms with Crippen LogP contribution in [0, 0.1) is 13.8 Å². The summed E-state index contributed by atoms with van der Waals surface area (Å²) in [6, 6.07) is 7.32. The van der Waals surface area contributed by atoms with Gasteiger partial charge in [-0.2, -0.15) is 0 Å². The van der Waals surface area contributed by atoms with Crippen molar-refractivity contribution < 1.29 is 9.21 Å². The van der Waals surface area contributed by atoms with Crippen LogP contribution in [0.25, 0.3) is 0 Å². The molecule has 1 amide bonds. The Bertz CT molecular complexity index is 561. The van der Waals surface area contributed by atoms with E-state index in [4.69, 9.17) is 16.0 Å². The van der Waals surface area contributed by atoms with Gasteiger partial charge >= 0.3 is 0 Å². The van der Waals surface area contributed by atoms with E-state index in [0.717, 1.165) is 5.56 Å². The molecule has 0 fully saturated rings. The molecule has 1 aromatic carbocycles. The summed E-state index contributed by atoms with van der Waals surface area (Å²) in [5, 5.41) is 2.75. The van der Waals surface area contributed by atoms with Crippen LogP contribution in [-0.2, 0) is 5.88 Å². The first kappa shape index (κ1) is 12.6. The average Bonchev–Trinajstić information content (AvgIpc) is 2.69. The minimum absolute atomic E-state index is 0.244. The zero-order chi connectivity index (χ0) is 13.1. The first-order valence-corrected chi connectivity index (χ1v) is 6.04. The highest BCUT2D eigenvalue weighted by Gasteiger charge is 2.15. The first-order chi connectivity index (χ1) is 8.60. The SMILES string of the molecule is Cc1nc(C)c(C(=O)Nc2ccc(CCl)cc2)o1. The first-order valence-electron chi connectivity index (χ1n) is 5.50. The fourth-order valence-corrected chi connectivity index (χ4v) is 1.79. The Hall–Kier alpha value is -1.81. The maximum Gasteiger partial charge on any atom is 0.293 e. The smallest absolute Gasteiger partial charge is 0.293 e. The molecule has 1 N–H and O–H groups in total. The lowest BCUT2D eigenvalue weighted by Crippen LogP contribution is -2.12. The second-order valence-electron chi connectivity index (χ2n) is 3.93. The maximum absolute atomic E-state index is 11.9. The van der Waals surface area contributed by atoms with Crippen LogP contribution in [0.2, 0.25) is 0 Å². The lowest BCUT2D eigenvalue weighted by atomic mass is 10.2. The van der Waals surface area contributed by atoms with Gasteiger partial charge in [0, 0.05) is 18.5 Å². The van der Waals surface area contributed by atoms with Gasteiger partial charge in [0.05, 0.1) is 5.69 Å². The predicted molar refractivity (Wildman–Crippen MR) is 69.9 cm³/mol. The third-order valence-electron chi connectivity index (χ3n) is 2.48. The number of halogens is 1. The Morgan fingerprint density at radius 2 is 2.00 bits per heavy atom. The molecule has 5 heteroatoms. The van der Waals surface area contributed by atoms with Gasteiger partial charge in [0.15, 0.2) is 5.89 Å². The number of alkyl halides is 1. The van der Waals surface area contributed by atoms with Crippen molar-refractivity contribution in [1.82, 2.24) is 4.98 Å². The second-order valence-corrected chi connectivity index (χ2v) is 4.20. The zero-order valence-electron chi connectivity index (χ0n) is 10.2. The van der Waals surface area contributed by atoms with Crippen molar-refractivity contribution in [2.75, 3.05) is 5.32 Å². The van der Waals surface area contributed by atoms with Crippen LogP contribution in [0.4, 0.5) is 5.69 Å². The number of carbonyl (C=O) groups is 1. The number of aromatic nitrogens is 1. The quantitative estimate of drug-likeness (QED) is 0.866. The molecule has 0 aliphatic rings. The number of nitrogens with one attached hydrogen (secondary N) is 1. The minimum atomic E-state index is -0.299. The molecule has 0 aliphatic heterocycles. The van der Waals surface area contributed by atoms with Crippen molar-refractivity contribution in [3.8, 4) is 0 Å². The molecule has 2 aromatic rings. The van der Waals surface area contributed by atoms with Gasteiger partial charge in [-0.05, 0) is 24.6 Å². The Labute approximate surface area is 110 Å². The van der Waals surface area contributed by atoms with E-state index >= 15 is 0 Å². The monoisotopic (exact) mass is 264 g/mol. The number of hydrogen-bond acceptors (Lipinski definition) is 3. The lowest BCUT2D eigenvalue weighted by Gasteiger charge is -2.04. The fraction of sp³-hybridized carbons (Fsp3) is 0.231. The summed E-state index contributed by atoms with van der Waals surface area (Å²) in [6.07, 6.45) is 0. The molecule has 0 unspecified atom stereocenters. The van der Waals surface area contributed by atoms with Crippen LogP contribution >= 0.6 is 11.6 Å². The summed E-state index contributed by atoms with van der Waals surface area (Å²) in [6.45, 7) is 3.45. The van der Waals surface area contributed by atoms with Crippen molar-refractivity contribution in [2.24, 2.45) is 0 Å². The summed E-state index contributed by atoms with van der Waals surface area (Å²) in [5.41, 5.74) is 2.28. The highest BCUT2D eigenvalue weighted by molar-refractivity contribution is 6.17. The lowest BCUT2D eigenvalue weighted by molar-refractivity contribution is 0.0994. The number of rotatable bonds is 3. The van der Waals surface area contributed by atoms with Gasteiger partial charge in [-0.1, -0.05) is 12.1 Å². The van der Waals surface area contributed by atoms with Gasteiger partial charge in [-0.25, -0.2) is 4.98 Å². The van der Waals surface area contributed by atoms with E-state index in [1.54, 1.807) is 26.0 Å². The third-order valence-corrected chi connectivity index (χ3v) is 2.78. The van der Waals surface area contributed by atoms with Crippen LogP contribution < -0.4 is 5.32 Å². The summed E-state index contributed by atoms with van der Waals surface area (Å²) in [5.74, 6) is 0.880. The molecule has 0 saturated carbocycles. The molecule has 0 atom stereocenters. The van der Waals surface area contributed by atoms with Crippen LogP contribution in [0.1, 0.15) is 27.7 Å². The van der Waals surface area contributed by atoms with Crippen molar-refractivity contribution in [3.63, 3.8) is 0 Å². The molecule has 2 rings (SSSR count). The standard InChI is InChI=1S/C13H13ClN2O2/c1-8-12(18-9(2)15-8)13(17)16-11-5-3-10(7-14)4-6-11/h3-6H,7H2,1-2H3,(H,16,17). The number of anilines is 1. The molecule has 4 nitrogen and oxygen atoms in total. The van der Waals surface area contributed by atoms with Gasteiger partial charge in [-0.15, -0.1) is 11.6 Å². The summed E-state index contributed by atoms with van der Waals surface area (Å²) in [7, 11) is 0. The van der Waals surface area contributed by atoms with Crippen LogP contribution in [0.15, 0.2) is 28.7 Å². The summed E-state index contributed by atoms with van der Waals surface area (Å²) >= 11 is 5.69. The van der Waals surface area contributed by atoms with Crippen molar-refractivity contribution in [1.29, 1.82) is 0 Å². The number of aryl methyl sites for hydroxylation is 2. The Morgan fingerprint density at radius 3 is 2.50 bits per heavy atom. The van der Waals surface area contributed by atoms with E-state index in [2.05, 4.69) is 10.3 Å². The van der Waals surface area contributed by atoms with Gasteiger partial charge in [-0.3, -0.25) is 4.79 Å². The van der Waals surface area contributed by atoms with E-state index in [1.807, 2.05) is 12.1 Å². The van der Waals surface area contributed by atoms with Gasteiger partial charge in [0.2, 0.25) is 5.76 Å². The van der Waals surface area contributed by atoms with Crippen molar-refractivity contribution in [3.05, 3.63) is 47.2 Å². The topological polar surface area (TPSA) is 55.1 Å². The molecular formula is C13H13ClN2O2. The van der Waals surface area contributed by atoms with Crippen LogP contribution in [0.3, 0.4) is 0 Å². The molecule has 94 valence electrons. The number of hydrogen-bond donors (Lipinski definition) is 1. The van der Waals surface area contributed by atoms with Crippen molar-refractivity contribution in [2.45, 2.75) is 19.7 Å². The Kier molecular flexibility index (Phi) is 3.67. The zero-order valence-corrected chi connectivity index (χ0v) is 10.9. The third kappa shape index (κ3) is 2.71. The minimum Gasteiger partial charge on any atom is -0.436 e. The van der Waals surface area contributed by atoms with Gasteiger partial charge in [0.25, 0.3) is 5.91 Å². The molecule has 18 heavy (non-hydrogen) atoms. The van der Waals surface area contributed by atoms with Crippen molar-refractivity contribution >= 4 is 23.2 Å². The summed E-state index contributed by atoms with van der Waals surface area (Å²) in [4.78, 5) is 16.0. The van der Waals surface area contributed by atoms with Gasteiger partial charge < -0.3 is 9.73 Å². The van der Waals surface area contributed by atoms with E-state index in [1.165, 1.54) is 0 Å². The molecule has 0 saturated heterocycles. The second kappa shape index (κ2) is 5.23. The van der Waals surface area contributed by atoms with E-state index in [9.17, 15) is 4.79 Å². The molecule has 0 radical (unpaired) electrons. The van der Waals surface area contributed by atoms with Crippen LogP contribution in [-0.4, -0.2) is 10.9 Å². The van der Waals surface area contributed by atoms with E-state index < -0.39 is 0 Å². The molecule has 1 heterocycles. The largest absolute Gasteiger partial charge is 0.436 e. The molecular weight excluding hydrogens is 252 g/mol. The molecule has 1 aromatic heterocycles.